The molecule has 0 bridgehead atoms. The number of carbonyl (C=O) groups excluding carboxylic acids is 2. The first-order chi connectivity index (χ1) is 16.5. The van der Waals surface area contributed by atoms with Gasteiger partial charge in [0.25, 0.3) is 0 Å². The number of nitrogens with zero attached hydrogens (tertiary/aromatic N) is 2. The van der Waals surface area contributed by atoms with Gasteiger partial charge in [0, 0.05) is 31.4 Å². The molecule has 2 N–H and O–H groups in total. The Bertz CT molecular complexity index is 769. The Morgan fingerprint density at radius 1 is 1.11 bits per heavy atom. The number of aliphatic hydroxyl groups is 2. The average molecular weight is 515 g/mol. The molecule has 9 atom stereocenters. The molecule has 1 aliphatic heterocycles. The summed E-state index contributed by atoms with van der Waals surface area (Å²) in [5.74, 6) is -3.49. The van der Waals surface area contributed by atoms with Gasteiger partial charge in [-0.15, -0.1) is 0 Å². The number of carbonyl (C=O) groups is 2. The number of oxime groups is 1. The second-order valence-corrected chi connectivity index (χ2v) is 11.3. The van der Waals surface area contributed by atoms with Crippen LogP contribution in [0.25, 0.3) is 0 Å². The van der Waals surface area contributed by atoms with E-state index in [9.17, 15) is 19.8 Å². The molecule has 0 aromatic rings. The standard InChI is InChI=1S/C27H50N2O7/c1-12-21-27(8,33)24(31)18(4)22(28-35-14-13-29(9)10)16(2)15-26(7,34-11)20(6)17(3)23(30)19(5)25(32)36-21/h16-21,24,31,33H,12-15H2,1-11H3/b28-22+/t16-,17-,18+,19-,20-,21-,24-,26-,27-/m1/s1. The van der Waals surface area contributed by atoms with Crippen molar-refractivity contribution in [1.29, 1.82) is 0 Å². The van der Waals surface area contributed by atoms with E-state index in [1.165, 1.54) is 13.8 Å². The predicted molar refractivity (Wildman–Crippen MR) is 140 cm³/mol. The lowest BCUT2D eigenvalue weighted by atomic mass is 9.71. The van der Waals surface area contributed by atoms with Crippen LogP contribution in [0.5, 0.6) is 0 Å². The van der Waals surface area contributed by atoms with Crippen molar-refractivity contribution in [3.8, 4) is 0 Å². The number of Topliss-reactive ketones (excluding diaryl/α,β-unsaturated/α-hetero) is 1. The number of likely N-dealkylation sites (N-methyl/N-ethyl adjacent to an activating group) is 1. The van der Waals surface area contributed by atoms with Gasteiger partial charge in [-0.2, -0.15) is 0 Å². The van der Waals surface area contributed by atoms with Crippen LogP contribution >= 0.6 is 0 Å². The Hall–Kier alpha value is -1.55. The SMILES string of the molecule is CC[C@H]1OC(=O)[C@H](C)C(=O)[C@H](C)[C@@H](C)[C@](C)(OC)C[C@@H](C)/C(=N\OCCN(C)C)[C@H](C)[C@@H](O)[C@]1(C)O. The molecule has 0 spiro atoms. The van der Waals surface area contributed by atoms with Crippen LogP contribution in [0.4, 0.5) is 0 Å². The molecule has 1 fully saturated rings. The third-order valence-corrected chi connectivity index (χ3v) is 8.24. The molecule has 9 heteroatoms. The average Bonchev–Trinajstić information content (AvgIpc) is 2.83. The van der Waals surface area contributed by atoms with Crippen molar-refractivity contribution >= 4 is 17.5 Å². The normalized spacial score (nSPS) is 40.7. The summed E-state index contributed by atoms with van der Waals surface area (Å²) in [6.45, 7) is 15.2. The largest absolute Gasteiger partial charge is 0.459 e. The molecule has 0 saturated carbocycles. The molecule has 0 amide bonds. The zero-order chi connectivity index (χ0) is 28.0. The van der Waals surface area contributed by atoms with E-state index < -0.39 is 47.1 Å². The maximum atomic E-state index is 13.3. The van der Waals surface area contributed by atoms with Crippen molar-refractivity contribution in [3.05, 3.63) is 0 Å². The van der Waals surface area contributed by atoms with E-state index >= 15 is 0 Å². The number of aliphatic hydroxyl groups excluding tert-OH is 1. The second-order valence-electron chi connectivity index (χ2n) is 11.3. The molecule has 1 aliphatic rings. The van der Waals surface area contributed by atoms with E-state index in [2.05, 4.69) is 5.16 Å². The Kier molecular flexibility index (Phi) is 12.0. The summed E-state index contributed by atoms with van der Waals surface area (Å²) in [7, 11) is 5.48. The number of methoxy groups -OCH3 is 1. The summed E-state index contributed by atoms with van der Waals surface area (Å²) >= 11 is 0. The molecule has 36 heavy (non-hydrogen) atoms. The highest BCUT2D eigenvalue weighted by atomic mass is 16.6. The zero-order valence-electron chi connectivity index (χ0n) is 24.2. The summed E-state index contributed by atoms with van der Waals surface area (Å²) < 4.78 is 11.6. The molecule has 0 aromatic carbocycles. The summed E-state index contributed by atoms with van der Waals surface area (Å²) in [5.41, 5.74) is -1.95. The quantitative estimate of drug-likeness (QED) is 0.240. The van der Waals surface area contributed by atoms with E-state index in [1.807, 2.05) is 46.7 Å². The predicted octanol–water partition coefficient (Wildman–Crippen LogP) is 2.91. The van der Waals surface area contributed by atoms with E-state index in [0.717, 1.165) is 0 Å². The summed E-state index contributed by atoms with van der Waals surface area (Å²) in [6, 6.07) is 0. The smallest absolute Gasteiger partial charge is 0.316 e. The van der Waals surface area contributed by atoms with Gasteiger partial charge in [-0.05, 0) is 53.6 Å². The maximum absolute atomic E-state index is 13.3. The highest BCUT2D eigenvalue weighted by Crippen LogP contribution is 2.38. The van der Waals surface area contributed by atoms with E-state index in [4.69, 9.17) is 14.3 Å². The van der Waals surface area contributed by atoms with Gasteiger partial charge in [0.15, 0.2) is 0 Å². The Labute approximate surface area is 217 Å². The molecule has 1 heterocycles. The van der Waals surface area contributed by atoms with Crippen LogP contribution in [0.2, 0.25) is 0 Å². The first-order valence-corrected chi connectivity index (χ1v) is 13.1. The lowest BCUT2D eigenvalue weighted by Crippen LogP contribution is -2.56. The van der Waals surface area contributed by atoms with Gasteiger partial charge in [0.2, 0.25) is 0 Å². The molecule has 9 nitrogen and oxygen atoms in total. The van der Waals surface area contributed by atoms with Crippen molar-refractivity contribution < 1.29 is 34.1 Å². The van der Waals surface area contributed by atoms with E-state index in [0.29, 0.717) is 25.3 Å². The molecule has 0 unspecified atom stereocenters. The molecule has 0 aliphatic carbocycles. The van der Waals surface area contributed by atoms with Crippen molar-refractivity contribution in [3.63, 3.8) is 0 Å². The molecular formula is C27H50N2O7. The lowest BCUT2D eigenvalue weighted by molar-refractivity contribution is -0.187. The van der Waals surface area contributed by atoms with Gasteiger partial charge in [-0.25, -0.2) is 0 Å². The molecule has 210 valence electrons. The van der Waals surface area contributed by atoms with Crippen molar-refractivity contribution in [2.75, 3.05) is 34.4 Å². The van der Waals surface area contributed by atoms with Crippen molar-refractivity contribution in [1.82, 2.24) is 4.90 Å². The van der Waals surface area contributed by atoms with Crippen LogP contribution in [0.1, 0.15) is 68.2 Å². The van der Waals surface area contributed by atoms with Gasteiger partial charge >= 0.3 is 5.97 Å². The number of cyclic esters (lactones) is 1. The van der Waals surface area contributed by atoms with Crippen LogP contribution < -0.4 is 0 Å². The summed E-state index contributed by atoms with van der Waals surface area (Å²) in [5, 5.41) is 27.2. The van der Waals surface area contributed by atoms with Crippen LogP contribution in [-0.2, 0) is 23.9 Å². The van der Waals surface area contributed by atoms with Gasteiger partial charge in [0.05, 0.1) is 17.4 Å². The zero-order valence-corrected chi connectivity index (χ0v) is 24.2. The third kappa shape index (κ3) is 7.49. The minimum Gasteiger partial charge on any atom is -0.459 e. The number of ether oxygens (including phenoxy) is 2. The second kappa shape index (κ2) is 13.3. The fraction of sp³-hybridized carbons (Fsp3) is 0.889. The van der Waals surface area contributed by atoms with Gasteiger partial charge in [-0.1, -0.05) is 39.8 Å². The Balaban J connectivity index is 3.60. The molecular weight excluding hydrogens is 464 g/mol. The van der Waals surface area contributed by atoms with E-state index in [1.54, 1.807) is 21.0 Å². The van der Waals surface area contributed by atoms with Crippen LogP contribution in [0.15, 0.2) is 5.16 Å². The number of hydrogen-bond acceptors (Lipinski definition) is 9. The van der Waals surface area contributed by atoms with Gasteiger partial charge < -0.3 is 29.4 Å². The molecule has 0 aromatic heterocycles. The molecule has 0 radical (unpaired) electrons. The van der Waals surface area contributed by atoms with Gasteiger partial charge in [-0.3, -0.25) is 9.59 Å². The summed E-state index contributed by atoms with van der Waals surface area (Å²) in [6.07, 6.45) is -1.57. The maximum Gasteiger partial charge on any atom is 0.316 e. The summed E-state index contributed by atoms with van der Waals surface area (Å²) in [4.78, 5) is 33.8. The lowest BCUT2D eigenvalue weighted by Gasteiger charge is -2.43. The number of hydrogen-bond donors (Lipinski definition) is 2. The van der Waals surface area contributed by atoms with Gasteiger partial charge in [0.1, 0.15) is 30.0 Å². The van der Waals surface area contributed by atoms with Crippen LogP contribution in [-0.4, -0.2) is 90.3 Å². The van der Waals surface area contributed by atoms with Crippen LogP contribution in [0.3, 0.4) is 0 Å². The van der Waals surface area contributed by atoms with Crippen molar-refractivity contribution in [2.45, 2.75) is 91.6 Å². The molecule has 1 saturated heterocycles. The number of ketones is 1. The number of rotatable bonds is 6. The van der Waals surface area contributed by atoms with Crippen LogP contribution in [0, 0.1) is 29.6 Å². The topological polar surface area (TPSA) is 118 Å². The fourth-order valence-corrected chi connectivity index (χ4v) is 5.14. The minimum absolute atomic E-state index is 0.206. The van der Waals surface area contributed by atoms with E-state index in [-0.39, 0.29) is 24.0 Å². The highest BCUT2D eigenvalue weighted by Gasteiger charge is 2.48. The number of esters is 1. The minimum atomic E-state index is -1.79. The monoisotopic (exact) mass is 514 g/mol. The van der Waals surface area contributed by atoms with Crippen molar-refractivity contribution in [2.24, 2.45) is 34.7 Å². The fourth-order valence-electron chi connectivity index (χ4n) is 5.14. The Morgan fingerprint density at radius 3 is 2.19 bits per heavy atom. The first kappa shape index (κ1) is 32.5. The molecule has 1 rings (SSSR count). The highest BCUT2D eigenvalue weighted by molar-refractivity contribution is 5.99. The first-order valence-electron chi connectivity index (χ1n) is 13.1. The Morgan fingerprint density at radius 2 is 1.69 bits per heavy atom. The third-order valence-electron chi connectivity index (χ3n) is 8.24.